The Bertz CT molecular complexity index is 1640. The van der Waals surface area contributed by atoms with Gasteiger partial charge in [-0.1, -0.05) is 47.5 Å². The molecule has 3 fully saturated rings. The second-order valence-corrected chi connectivity index (χ2v) is 15.4. The van der Waals surface area contributed by atoms with Crippen LogP contribution in [0.1, 0.15) is 50.0 Å². The predicted octanol–water partition coefficient (Wildman–Crippen LogP) is 4.72. The number of piperidine rings is 1. The van der Waals surface area contributed by atoms with E-state index >= 15 is 0 Å². The molecule has 4 atom stereocenters. The molecule has 10 nitrogen and oxygen atoms in total. The third-order valence-electron chi connectivity index (χ3n) is 10.4. The number of hydrogen-bond donors (Lipinski definition) is 3. The molecular weight excluding hydrogens is 675 g/mol. The van der Waals surface area contributed by atoms with Crippen molar-refractivity contribution in [3.8, 4) is 0 Å². The Balaban J connectivity index is 1.26. The smallest absolute Gasteiger partial charge is 0.334 e. The van der Waals surface area contributed by atoms with E-state index in [1.807, 2.05) is 6.07 Å². The fraction of sp³-hybridized carbons (Fsp3) is 0.457. The number of rotatable bonds is 10. The summed E-state index contributed by atoms with van der Waals surface area (Å²) in [6, 6.07) is 15.2. The number of benzene rings is 2. The van der Waals surface area contributed by atoms with Crippen molar-refractivity contribution in [3.63, 3.8) is 0 Å². The van der Waals surface area contributed by atoms with E-state index in [2.05, 4.69) is 22.2 Å². The maximum absolute atomic E-state index is 13.8. The zero-order valence-corrected chi connectivity index (χ0v) is 29.1. The Kier molecular flexibility index (Phi) is 10.6. The minimum Gasteiger partial charge on any atom is -0.478 e. The van der Waals surface area contributed by atoms with Gasteiger partial charge in [-0.3, -0.25) is 13.9 Å². The van der Waals surface area contributed by atoms with E-state index in [1.54, 1.807) is 35.2 Å². The number of carboxylic acids is 2. The quantitative estimate of drug-likeness (QED) is 0.320. The highest BCUT2D eigenvalue weighted by atomic mass is 35.5. The lowest BCUT2D eigenvalue weighted by atomic mass is 9.79. The number of hydrogen-bond acceptors (Lipinski definition) is 7. The lowest BCUT2D eigenvalue weighted by Crippen LogP contribution is -2.56. The van der Waals surface area contributed by atoms with Crippen LogP contribution >= 0.6 is 23.2 Å². The van der Waals surface area contributed by atoms with Gasteiger partial charge in [-0.25, -0.2) is 9.59 Å². The molecule has 4 unspecified atom stereocenters. The SMILES string of the molecule is CN1C2CCC1CC(N1CCN(C(=O)CC3=C(C(=O)O)C(c4c(Cl)cccc4Cl)C(C(=O)O)=C(CCS(=O)c4ccccc4)N3)CC1)C2. The van der Waals surface area contributed by atoms with Crippen LogP contribution in [0.5, 0.6) is 0 Å². The first-order valence-corrected chi connectivity index (χ1v) is 18.4. The topological polar surface area (TPSA) is 130 Å². The molecule has 6 rings (SSSR count). The van der Waals surface area contributed by atoms with Gasteiger partial charge in [-0.15, -0.1) is 0 Å². The Hall–Kier alpha value is -3.22. The van der Waals surface area contributed by atoms with Crippen LogP contribution < -0.4 is 5.32 Å². The van der Waals surface area contributed by atoms with Gasteiger partial charge in [0.1, 0.15) is 0 Å². The molecule has 4 heterocycles. The molecule has 256 valence electrons. The summed E-state index contributed by atoms with van der Waals surface area (Å²) in [6.07, 6.45) is 4.50. The minimum atomic E-state index is -1.46. The number of nitrogens with zero attached hydrogens (tertiary/aromatic N) is 3. The van der Waals surface area contributed by atoms with Crippen LogP contribution in [-0.2, 0) is 25.2 Å². The summed E-state index contributed by atoms with van der Waals surface area (Å²) in [5.74, 6) is -4.32. The number of nitrogens with one attached hydrogen (secondary N) is 1. The Morgan fingerprint density at radius 3 is 2.00 bits per heavy atom. The molecule has 13 heteroatoms. The predicted molar refractivity (Wildman–Crippen MR) is 184 cm³/mol. The van der Waals surface area contributed by atoms with Gasteiger partial charge in [0.15, 0.2) is 0 Å². The largest absolute Gasteiger partial charge is 0.478 e. The maximum atomic E-state index is 13.8. The summed E-state index contributed by atoms with van der Waals surface area (Å²) in [6.45, 7) is 2.54. The van der Waals surface area contributed by atoms with Crippen LogP contribution in [0, 0.1) is 0 Å². The second kappa shape index (κ2) is 14.7. The number of aliphatic carboxylic acids is 2. The van der Waals surface area contributed by atoms with Crippen molar-refractivity contribution in [2.24, 2.45) is 0 Å². The second-order valence-electron chi connectivity index (χ2n) is 13.0. The molecule has 48 heavy (non-hydrogen) atoms. The van der Waals surface area contributed by atoms with Crippen LogP contribution in [0.2, 0.25) is 10.0 Å². The minimum absolute atomic E-state index is 0.0174. The van der Waals surface area contributed by atoms with Gasteiger partial charge >= 0.3 is 11.9 Å². The molecule has 2 bridgehead atoms. The van der Waals surface area contributed by atoms with Crippen molar-refractivity contribution in [1.82, 2.24) is 20.0 Å². The first-order chi connectivity index (χ1) is 23.0. The average Bonchev–Trinajstić information content (AvgIpc) is 3.25. The molecule has 2 aromatic rings. The van der Waals surface area contributed by atoms with Gasteiger partial charge in [0, 0.05) is 82.0 Å². The van der Waals surface area contributed by atoms with Gasteiger partial charge in [0.2, 0.25) is 5.91 Å². The number of piperazine rings is 1. The fourth-order valence-electron chi connectivity index (χ4n) is 7.89. The summed E-state index contributed by atoms with van der Waals surface area (Å²) < 4.78 is 13.2. The molecule has 0 radical (unpaired) electrons. The number of carboxylic acid groups (broad SMARTS) is 2. The molecule has 0 saturated carbocycles. The van der Waals surface area contributed by atoms with Crippen molar-refractivity contribution < 1.29 is 28.8 Å². The van der Waals surface area contributed by atoms with Crippen LogP contribution in [0.4, 0.5) is 0 Å². The third kappa shape index (κ3) is 7.07. The highest BCUT2D eigenvalue weighted by Crippen LogP contribution is 2.45. The average molecular weight is 716 g/mol. The highest BCUT2D eigenvalue weighted by molar-refractivity contribution is 7.85. The van der Waals surface area contributed by atoms with Crippen molar-refractivity contribution in [1.29, 1.82) is 0 Å². The number of halogens is 2. The van der Waals surface area contributed by atoms with Gasteiger partial charge in [0.25, 0.3) is 0 Å². The zero-order valence-electron chi connectivity index (χ0n) is 26.7. The number of carbonyl (C=O) groups excluding carboxylic acids is 1. The van der Waals surface area contributed by atoms with Gasteiger partial charge in [-0.2, -0.15) is 0 Å². The van der Waals surface area contributed by atoms with E-state index in [-0.39, 0.29) is 62.7 Å². The Morgan fingerprint density at radius 1 is 0.833 bits per heavy atom. The summed E-state index contributed by atoms with van der Waals surface area (Å²) in [4.78, 5) is 47.0. The molecule has 0 aromatic heterocycles. The molecule has 0 spiro atoms. The first kappa shape index (κ1) is 34.6. The Morgan fingerprint density at radius 2 is 1.42 bits per heavy atom. The number of allylic oxidation sites excluding steroid dienone is 1. The fourth-order valence-corrected chi connectivity index (χ4v) is 9.59. The van der Waals surface area contributed by atoms with Crippen LogP contribution in [-0.4, -0.2) is 104 Å². The van der Waals surface area contributed by atoms with Gasteiger partial charge in [0.05, 0.1) is 34.3 Å². The van der Waals surface area contributed by atoms with E-state index in [9.17, 15) is 28.8 Å². The van der Waals surface area contributed by atoms with E-state index in [1.165, 1.54) is 25.0 Å². The molecule has 4 aliphatic rings. The summed E-state index contributed by atoms with van der Waals surface area (Å²) in [7, 11) is 0.760. The lowest BCUT2D eigenvalue weighted by Gasteiger charge is -2.45. The van der Waals surface area contributed by atoms with Crippen molar-refractivity contribution in [2.45, 2.75) is 67.5 Å². The normalized spacial score (nSPS) is 25.6. The van der Waals surface area contributed by atoms with E-state index in [0.29, 0.717) is 36.1 Å². The molecular formula is C35H40Cl2N4O6S. The van der Waals surface area contributed by atoms with Gasteiger partial charge < -0.3 is 25.3 Å². The highest BCUT2D eigenvalue weighted by Gasteiger charge is 2.43. The Labute approximate surface area is 292 Å². The molecule has 3 N–H and O–H groups in total. The van der Waals surface area contributed by atoms with Crippen molar-refractivity contribution in [2.75, 3.05) is 39.0 Å². The third-order valence-corrected chi connectivity index (χ3v) is 12.4. The molecule has 2 aromatic carbocycles. The van der Waals surface area contributed by atoms with Crippen molar-refractivity contribution >= 4 is 51.8 Å². The van der Waals surface area contributed by atoms with E-state index < -0.39 is 28.7 Å². The van der Waals surface area contributed by atoms with Crippen LogP contribution in [0.3, 0.4) is 0 Å². The molecule has 3 saturated heterocycles. The zero-order chi connectivity index (χ0) is 34.1. The van der Waals surface area contributed by atoms with E-state index in [4.69, 9.17) is 23.2 Å². The van der Waals surface area contributed by atoms with Crippen molar-refractivity contribution in [3.05, 3.63) is 86.7 Å². The number of dihydropyridines is 1. The summed E-state index contributed by atoms with van der Waals surface area (Å²) in [5, 5.41) is 24.3. The summed E-state index contributed by atoms with van der Waals surface area (Å²) >= 11 is 13.1. The van der Waals surface area contributed by atoms with Crippen LogP contribution in [0.25, 0.3) is 0 Å². The van der Waals surface area contributed by atoms with Gasteiger partial charge in [-0.05, 0) is 63.4 Å². The lowest BCUT2D eigenvalue weighted by molar-refractivity contribution is -0.133. The van der Waals surface area contributed by atoms with Crippen LogP contribution in [0.15, 0.2) is 76.0 Å². The molecule has 1 amide bonds. The summed E-state index contributed by atoms with van der Waals surface area (Å²) in [5.41, 5.74) is -0.187. The first-order valence-electron chi connectivity index (χ1n) is 16.3. The number of amides is 1. The number of fused-ring (bicyclic) bond motifs is 2. The molecule has 4 aliphatic heterocycles. The van der Waals surface area contributed by atoms with E-state index in [0.717, 1.165) is 25.9 Å². The standard InChI is InChI=1S/C35H40Cl2N4O6S/c1-39-21-10-11-22(39)19-23(18-21)40-13-15-41(16-14-40)29(42)20-28-32(35(45)46)33(30-25(36)8-5-9-26(30)37)31(34(43)44)27(38-28)12-17-48(47)24-6-3-2-4-7-24/h2-9,21-23,33,38H,10-20H2,1H3,(H,43,44)(H,45,46). The molecule has 0 aliphatic carbocycles. The maximum Gasteiger partial charge on any atom is 0.334 e. The number of carbonyl (C=O) groups is 3. The monoisotopic (exact) mass is 714 g/mol.